The Hall–Kier alpha value is -3.79. The number of pyridine rings is 1. The minimum atomic E-state index is -3.00. The van der Waals surface area contributed by atoms with Crippen molar-refractivity contribution in [3.63, 3.8) is 0 Å². The molecule has 34 heavy (non-hydrogen) atoms. The molecule has 1 amide bonds. The molecule has 0 aliphatic rings. The lowest BCUT2D eigenvalue weighted by atomic mass is 10.2. The number of anilines is 1. The molecule has 4 aromatic rings. The van der Waals surface area contributed by atoms with Crippen molar-refractivity contribution in [3.05, 3.63) is 78.6 Å². The van der Waals surface area contributed by atoms with Gasteiger partial charge in [0.1, 0.15) is 5.75 Å². The van der Waals surface area contributed by atoms with Crippen LogP contribution in [0.4, 0.5) is 14.5 Å². The molecular weight excluding hydrogens is 460 g/mol. The van der Waals surface area contributed by atoms with Crippen molar-refractivity contribution < 1.29 is 18.3 Å². The van der Waals surface area contributed by atoms with Gasteiger partial charge >= 0.3 is 6.61 Å². The summed E-state index contributed by atoms with van der Waals surface area (Å²) < 4.78 is 31.8. The summed E-state index contributed by atoms with van der Waals surface area (Å²) in [5, 5.41) is 11.3. The number of ether oxygens (including phenoxy) is 1. The minimum absolute atomic E-state index is 0.106. The average molecular weight is 482 g/mol. The Labute approximate surface area is 199 Å². The molecule has 174 valence electrons. The van der Waals surface area contributed by atoms with Crippen molar-refractivity contribution in [2.75, 3.05) is 5.32 Å². The van der Waals surface area contributed by atoms with Crippen LogP contribution in [-0.4, -0.2) is 37.5 Å². The van der Waals surface area contributed by atoms with E-state index in [1.54, 1.807) is 31.5 Å². The van der Waals surface area contributed by atoms with Crippen molar-refractivity contribution in [2.45, 2.75) is 30.9 Å². The number of aryl methyl sites for hydroxylation is 1. The van der Waals surface area contributed by atoms with Crippen LogP contribution in [0.1, 0.15) is 12.5 Å². The molecule has 0 bridgehead atoms. The standard InChI is InChI=1S/C24H21F2N5O2S/c1-15-8-3-5-11-19(15)31-21(17-9-7-13-27-14-17)29-30-24(31)34-16(2)22(32)28-18-10-4-6-12-20(18)33-23(25)26/h3-14,16,23H,1-2H3,(H,28,32). The SMILES string of the molecule is Cc1ccccc1-n1c(SC(C)C(=O)Nc2ccccc2OC(F)F)nnc1-c1cccnc1. The van der Waals surface area contributed by atoms with Gasteiger partial charge in [0.2, 0.25) is 5.91 Å². The van der Waals surface area contributed by atoms with Crippen LogP contribution in [0.5, 0.6) is 5.75 Å². The van der Waals surface area contributed by atoms with Gasteiger partial charge in [0.25, 0.3) is 0 Å². The maximum absolute atomic E-state index is 12.9. The van der Waals surface area contributed by atoms with E-state index < -0.39 is 17.8 Å². The van der Waals surface area contributed by atoms with E-state index in [4.69, 9.17) is 0 Å². The lowest BCUT2D eigenvalue weighted by Gasteiger charge is -2.16. The van der Waals surface area contributed by atoms with Crippen molar-refractivity contribution in [2.24, 2.45) is 0 Å². The zero-order valence-corrected chi connectivity index (χ0v) is 19.2. The van der Waals surface area contributed by atoms with Gasteiger partial charge in [-0.25, -0.2) is 0 Å². The van der Waals surface area contributed by atoms with E-state index in [0.29, 0.717) is 11.0 Å². The van der Waals surface area contributed by atoms with Gasteiger partial charge in [0.05, 0.1) is 16.6 Å². The van der Waals surface area contributed by atoms with Gasteiger partial charge in [-0.15, -0.1) is 10.2 Å². The van der Waals surface area contributed by atoms with Crippen LogP contribution in [0, 0.1) is 6.92 Å². The molecule has 7 nitrogen and oxygen atoms in total. The number of aromatic nitrogens is 4. The fraction of sp³-hybridized carbons (Fsp3) is 0.167. The Morgan fingerprint density at radius 2 is 1.82 bits per heavy atom. The van der Waals surface area contributed by atoms with Crippen LogP contribution in [0.15, 0.2) is 78.2 Å². The molecule has 2 aromatic heterocycles. The average Bonchev–Trinajstić information content (AvgIpc) is 3.24. The zero-order chi connectivity index (χ0) is 24.1. The van der Waals surface area contributed by atoms with E-state index in [1.807, 2.05) is 47.9 Å². The number of nitrogens with one attached hydrogen (secondary N) is 1. The summed E-state index contributed by atoms with van der Waals surface area (Å²) in [6.07, 6.45) is 3.37. The molecule has 1 unspecified atom stereocenters. The summed E-state index contributed by atoms with van der Waals surface area (Å²) >= 11 is 1.20. The fourth-order valence-corrected chi connectivity index (χ4v) is 4.13. The maximum atomic E-state index is 12.9. The summed E-state index contributed by atoms with van der Waals surface area (Å²) in [4.78, 5) is 17.1. The Morgan fingerprint density at radius 3 is 2.56 bits per heavy atom. The summed E-state index contributed by atoms with van der Waals surface area (Å²) in [7, 11) is 0. The lowest BCUT2D eigenvalue weighted by Crippen LogP contribution is -2.23. The van der Waals surface area contributed by atoms with Gasteiger partial charge in [-0.2, -0.15) is 8.78 Å². The number of carbonyl (C=O) groups excluding carboxylic acids is 1. The first-order valence-corrected chi connectivity index (χ1v) is 11.2. The van der Waals surface area contributed by atoms with Gasteiger partial charge in [-0.05, 0) is 49.7 Å². The molecule has 0 aliphatic carbocycles. The number of amides is 1. The van der Waals surface area contributed by atoms with Gasteiger partial charge in [0, 0.05) is 18.0 Å². The molecule has 0 saturated carbocycles. The normalized spacial score (nSPS) is 11.9. The molecule has 0 aliphatic heterocycles. The largest absolute Gasteiger partial charge is 0.433 e. The molecule has 10 heteroatoms. The molecule has 1 atom stereocenters. The van der Waals surface area contributed by atoms with E-state index in [1.165, 1.54) is 23.9 Å². The van der Waals surface area contributed by atoms with Crippen molar-refractivity contribution in [1.29, 1.82) is 0 Å². The van der Waals surface area contributed by atoms with Crippen LogP contribution < -0.4 is 10.1 Å². The number of hydrogen-bond acceptors (Lipinski definition) is 6. The number of hydrogen-bond donors (Lipinski definition) is 1. The second-order valence-corrected chi connectivity index (χ2v) is 8.60. The van der Waals surface area contributed by atoms with E-state index in [9.17, 15) is 13.6 Å². The van der Waals surface area contributed by atoms with Gasteiger partial charge in [-0.3, -0.25) is 14.3 Å². The Balaban J connectivity index is 1.63. The number of benzene rings is 2. The molecule has 2 aromatic carbocycles. The monoisotopic (exact) mass is 481 g/mol. The van der Waals surface area contributed by atoms with Gasteiger partial charge in [-0.1, -0.05) is 42.1 Å². The van der Waals surface area contributed by atoms with Crippen molar-refractivity contribution >= 4 is 23.4 Å². The second-order valence-electron chi connectivity index (χ2n) is 7.29. The summed E-state index contributed by atoms with van der Waals surface area (Å²) in [6, 6.07) is 17.5. The first-order valence-electron chi connectivity index (χ1n) is 10.4. The number of para-hydroxylation sites is 3. The third-order valence-corrected chi connectivity index (χ3v) is 5.96. The van der Waals surface area contributed by atoms with E-state index in [0.717, 1.165) is 16.8 Å². The molecule has 1 N–H and O–H groups in total. The third kappa shape index (κ3) is 5.23. The molecular formula is C24H21F2N5O2S. The number of thioether (sulfide) groups is 1. The number of alkyl halides is 2. The number of halogens is 2. The summed E-state index contributed by atoms with van der Waals surface area (Å²) in [5.41, 5.74) is 2.82. The highest BCUT2D eigenvalue weighted by Crippen LogP contribution is 2.32. The molecule has 0 spiro atoms. The Morgan fingerprint density at radius 1 is 1.06 bits per heavy atom. The first kappa shape index (κ1) is 23.4. The second kappa shape index (κ2) is 10.4. The molecule has 4 rings (SSSR count). The Kier molecular flexibility index (Phi) is 7.17. The van der Waals surface area contributed by atoms with Gasteiger partial charge < -0.3 is 10.1 Å². The highest BCUT2D eigenvalue weighted by Gasteiger charge is 2.23. The molecule has 2 heterocycles. The predicted octanol–water partition coefficient (Wildman–Crippen LogP) is 5.36. The fourth-order valence-electron chi connectivity index (χ4n) is 3.27. The Bertz CT molecular complexity index is 1280. The van der Waals surface area contributed by atoms with Crippen molar-refractivity contribution in [1.82, 2.24) is 19.7 Å². The quantitative estimate of drug-likeness (QED) is 0.341. The first-order chi connectivity index (χ1) is 16.4. The van der Waals surface area contributed by atoms with E-state index in [2.05, 4.69) is 25.2 Å². The molecule has 0 radical (unpaired) electrons. The van der Waals surface area contributed by atoms with Crippen LogP contribution in [0.3, 0.4) is 0 Å². The van der Waals surface area contributed by atoms with Gasteiger partial charge in [0.15, 0.2) is 11.0 Å². The number of rotatable bonds is 8. The maximum Gasteiger partial charge on any atom is 0.387 e. The van der Waals surface area contributed by atoms with Crippen LogP contribution in [-0.2, 0) is 4.79 Å². The summed E-state index contributed by atoms with van der Waals surface area (Å²) in [5.74, 6) is 0.0933. The topological polar surface area (TPSA) is 81.9 Å². The highest BCUT2D eigenvalue weighted by molar-refractivity contribution is 8.00. The molecule has 0 saturated heterocycles. The minimum Gasteiger partial charge on any atom is -0.433 e. The van der Waals surface area contributed by atoms with Crippen LogP contribution in [0.2, 0.25) is 0 Å². The predicted molar refractivity (Wildman–Crippen MR) is 126 cm³/mol. The lowest BCUT2D eigenvalue weighted by molar-refractivity contribution is -0.115. The van der Waals surface area contributed by atoms with Crippen LogP contribution in [0.25, 0.3) is 17.1 Å². The number of carbonyl (C=O) groups is 1. The zero-order valence-electron chi connectivity index (χ0n) is 18.4. The third-order valence-electron chi connectivity index (χ3n) is 4.92. The molecule has 0 fully saturated rings. The van der Waals surface area contributed by atoms with E-state index in [-0.39, 0.29) is 11.4 Å². The smallest absolute Gasteiger partial charge is 0.387 e. The van der Waals surface area contributed by atoms with Crippen molar-refractivity contribution in [3.8, 4) is 22.8 Å². The van der Waals surface area contributed by atoms with E-state index >= 15 is 0 Å². The van der Waals surface area contributed by atoms with Crippen LogP contribution >= 0.6 is 11.8 Å². The highest BCUT2D eigenvalue weighted by atomic mass is 32.2. The summed E-state index contributed by atoms with van der Waals surface area (Å²) in [6.45, 7) is 0.688. The number of nitrogens with zero attached hydrogens (tertiary/aromatic N) is 4.